The number of hydrogen-bond donors (Lipinski definition) is 0. The van der Waals surface area contributed by atoms with Gasteiger partial charge in [0.05, 0.1) is 13.2 Å². The van der Waals surface area contributed by atoms with Gasteiger partial charge in [0.25, 0.3) is 0 Å². The van der Waals surface area contributed by atoms with Crippen molar-refractivity contribution >= 4 is 26.7 Å². The molecule has 0 unspecified atom stereocenters. The van der Waals surface area contributed by atoms with Crippen molar-refractivity contribution in [3.8, 4) is 11.5 Å². The van der Waals surface area contributed by atoms with Crippen LogP contribution in [0, 0.1) is 11.8 Å². The fourth-order valence-electron chi connectivity index (χ4n) is 2.56. The largest absolute Gasteiger partial charge is 0.493 e. The van der Waals surface area contributed by atoms with Crippen LogP contribution in [0.2, 0.25) is 0 Å². The van der Waals surface area contributed by atoms with Crippen molar-refractivity contribution in [2.24, 2.45) is 11.8 Å². The highest BCUT2D eigenvalue weighted by Gasteiger charge is 2.14. The topological polar surface area (TPSA) is 18.5 Å². The number of alkyl halides is 1. The Balaban J connectivity index is 2.32. The zero-order valence-electron chi connectivity index (χ0n) is 15.3. The summed E-state index contributed by atoms with van der Waals surface area (Å²) in [6, 6.07) is 10.5. The van der Waals surface area contributed by atoms with Crippen molar-refractivity contribution in [1.29, 1.82) is 0 Å². The van der Waals surface area contributed by atoms with Gasteiger partial charge in [0.2, 0.25) is 0 Å². The van der Waals surface area contributed by atoms with Gasteiger partial charge in [-0.05, 0) is 30.7 Å². The molecule has 0 aliphatic carbocycles. The van der Waals surface area contributed by atoms with Crippen LogP contribution in [0.1, 0.15) is 46.1 Å². The Labute approximate surface area is 154 Å². The van der Waals surface area contributed by atoms with Gasteiger partial charge in [0.15, 0.2) is 0 Å². The Morgan fingerprint density at radius 1 is 0.875 bits per heavy atom. The van der Waals surface area contributed by atoms with E-state index in [1.54, 1.807) is 0 Å². The van der Waals surface area contributed by atoms with E-state index < -0.39 is 0 Å². The molecule has 2 rings (SSSR count). The number of halogens is 1. The lowest BCUT2D eigenvalue weighted by atomic mass is 10.0. The van der Waals surface area contributed by atoms with Gasteiger partial charge in [-0.2, -0.15) is 0 Å². The molecule has 3 heteroatoms. The van der Waals surface area contributed by atoms with Gasteiger partial charge in [-0.1, -0.05) is 67.9 Å². The molecule has 0 aliphatic heterocycles. The van der Waals surface area contributed by atoms with Gasteiger partial charge in [0.1, 0.15) is 11.5 Å². The van der Waals surface area contributed by atoms with E-state index >= 15 is 0 Å². The summed E-state index contributed by atoms with van der Waals surface area (Å²) in [5.74, 6) is 3.23. The van der Waals surface area contributed by atoms with E-state index in [4.69, 9.17) is 9.47 Å². The summed E-state index contributed by atoms with van der Waals surface area (Å²) in [6.07, 6.45) is 2.12. The van der Waals surface area contributed by atoms with Crippen molar-refractivity contribution in [2.75, 3.05) is 13.2 Å². The maximum Gasteiger partial charge on any atom is 0.131 e. The van der Waals surface area contributed by atoms with Crippen molar-refractivity contribution in [3.63, 3.8) is 0 Å². The molecule has 0 saturated carbocycles. The summed E-state index contributed by atoms with van der Waals surface area (Å²) in [5.41, 5.74) is 1.15. The molecular formula is C21H29BrO2. The second-order valence-corrected chi connectivity index (χ2v) is 7.66. The van der Waals surface area contributed by atoms with Crippen LogP contribution in [0.25, 0.3) is 10.8 Å². The maximum absolute atomic E-state index is 6.16. The van der Waals surface area contributed by atoms with Crippen LogP contribution >= 0.6 is 15.9 Å². The summed E-state index contributed by atoms with van der Waals surface area (Å²) in [6.45, 7) is 10.4. The van der Waals surface area contributed by atoms with E-state index in [9.17, 15) is 0 Å². The summed E-state index contributed by atoms with van der Waals surface area (Å²) in [4.78, 5) is 0. The van der Waals surface area contributed by atoms with Crippen LogP contribution in [0.3, 0.4) is 0 Å². The minimum absolute atomic E-state index is 0.641. The molecule has 0 amide bonds. The highest BCUT2D eigenvalue weighted by Crippen LogP contribution is 2.38. The van der Waals surface area contributed by atoms with Crippen molar-refractivity contribution in [2.45, 2.75) is 45.9 Å². The third kappa shape index (κ3) is 5.14. The first-order valence-corrected chi connectivity index (χ1v) is 10.0. The van der Waals surface area contributed by atoms with E-state index in [1.807, 2.05) is 0 Å². The Bertz CT molecular complexity index is 650. The molecule has 0 fully saturated rings. The first-order valence-electron chi connectivity index (χ1n) is 8.89. The minimum Gasteiger partial charge on any atom is -0.493 e. The van der Waals surface area contributed by atoms with Crippen molar-refractivity contribution in [1.82, 2.24) is 0 Å². The Hall–Kier alpha value is -1.22. The van der Waals surface area contributed by atoms with E-state index in [0.717, 1.165) is 59.2 Å². The highest BCUT2D eigenvalue weighted by molar-refractivity contribution is 9.08. The molecule has 2 aromatic rings. The fourth-order valence-corrected chi connectivity index (χ4v) is 2.98. The quantitative estimate of drug-likeness (QED) is 0.448. The van der Waals surface area contributed by atoms with Gasteiger partial charge >= 0.3 is 0 Å². The molecule has 0 bridgehead atoms. The van der Waals surface area contributed by atoms with Crippen LogP contribution < -0.4 is 9.47 Å². The molecule has 0 heterocycles. The molecule has 0 spiro atoms. The molecule has 0 N–H and O–H groups in total. The Kier molecular flexibility index (Phi) is 7.41. The summed E-state index contributed by atoms with van der Waals surface area (Å²) in [5, 5.41) is 3.03. The summed E-state index contributed by atoms with van der Waals surface area (Å²) < 4.78 is 12.3. The molecule has 0 radical (unpaired) electrons. The van der Waals surface area contributed by atoms with Gasteiger partial charge < -0.3 is 9.47 Å². The molecule has 132 valence electrons. The predicted octanol–water partition coefficient (Wildman–Crippen LogP) is 6.58. The average molecular weight is 393 g/mol. The van der Waals surface area contributed by atoms with Gasteiger partial charge in [0, 0.05) is 21.7 Å². The second-order valence-electron chi connectivity index (χ2n) is 7.10. The second kappa shape index (κ2) is 9.31. The first-order chi connectivity index (χ1) is 11.5. The lowest BCUT2D eigenvalue weighted by Crippen LogP contribution is -2.05. The van der Waals surface area contributed by atoms with Crippen LogP contribution in [-0.4, -0.2) is 13.2 Å². The number of benzene rings is 2. The van der Waals surface area contributed by atoms with Crippen molar-refractivity contribution in [3.05, 3.63) is 35.9 Å². The molecular weight excluding hydrogens is 364 g/mol. The number of ether oxygens (including phenoxy) is 2. The molecule has 0 aromatic heterocycles. The van der Waals surface area contributed by atoms with E-state index in [-0.39, 0.29) is 0 Å². The molecule has 24 heavy (non-hydrogen) atoms. The molecule has 2 aromatic carbocycles. The minimum atomic E-state index is 0.641. The zero-order chi connectivity index (χ0) is 17.5. The number of fused-ring (bicyclic) bond motifs is 1. The first kappa shape index (κ1) is 19.1. The van der Waals surface area contributed by atoms with Gasteiger partial charge in [-0.15, -0.1) is 0 Å². The van der Waals surface area contributed by atoms with Crippen molar-refractivity contribution < 1.29 is 9.47 Å². The van der Waals surface area contributed by atoms with E-state index in [2.05, 4.69) is 74.0 Å². The third-order valence-corrected chi connectivity index (χ3v) is 4.68. The van der Waals surface area contributed by atoms with Crippen LogP contribution in [-0.2, 0) is 5.33 Å². The summed E-state index contributed by atoms with van der Waals surface area (Å²) in [7, 11) is 0. The smallest absolute Gasteiger partial charge is 0.131 e. The molecule has 0 atom stereocenters. The monoisotopic (exact) mass is 392 g/mol. The maximum atomic E-state index is 6.16. The lowest BCUT2D eigenvalue weighted by molar-refractivity contribution is 0.285. The Morgan fingerprint density at radius 3 is 2.04 bits per heavy atom. The predicted molar refractivity (Wildman–Crippen MR) is 106 cm³/mol. The average Bonchev–Trinajstić information content (AvgIpc) is 2.55. The fraction of sp³-hybridized carbons (Fsp3) is 0.524. The lowest BCUT2D eigenvalue weighted by Gasteiger charge is -2.18. The third-order valence-electron chi connectivity index (χ3n) is 4.07. The number of rotatable bonds is 9. The zero-order valence-corrected chi connectivity index (χ0v) is 16.9. The van der Waals surface area contributed by atoms with Crippen LogP contribution in [0.5, 0.6) is 11.5 Å². The van der Waals surface area contributed by atoms with Gasteiger partial charge in [-0.25, -0.2) is 0 Å². The van der Waals surface area contributed by atoms with E-state index in [1.165, 1.54) is 0 Å². The highest BCUT2D eigenvalue weighted by atomic mass is 79.9. The normalized spacial score (nSPS) is 11.5. The Morgan fingerprint density at radius 2 is 1.46 bits per heavy atom. The summed E-state index contributed by atoms with van der Waals surface area (Å²) >= 11 is 3.60. The van der Waals surface area contributed by atoms with Gasteiger partial charge in [-0.3, -0.25) is 0 Å². The van der Waals surface area contributed by atoms with Crippen LogP contribution in [0.15, 0.2) is 30.3 Å². The van der Waals surface area contributed by atoms with Crippen LogP contribution in [0.4, 0.5) is 0 Å². The molecule has 0 saturated heterocycles. The van der Waals surface area contributed by atoms with E-state index in [0.29, 0.717) is 11.8 Å². The SMILES string of the molecule is CC(C)CCOc1cc(CBr)c(OCCC(C)C)c2ccccc12. The molecule has 2 nitrogen and oxygen atoms in total. The number of hydrogen-bond acceptors (Lipinski definition) is 2. The standard InChI is InChI=1S/C21H29BrO2/c1-15(2)9-11-23-20-13-17(14-22)21(24-12-10-16(3)4)19-8-6-5-7-18(19)20/h5-8,13,15-16H,9-12,14H2,1-4H3. The molecule has 0 aliphatic rings.